The van der Waals surface area contributed by atoms with Crippen molar-refractivity contribution in [1.29, 1.82) is 5.26 Å². The van der Waals surface area contributed by atoms with Gasteiger partial charge in [-0.3, -0.25) is 4.79 Å². The molecule has 1 aliphatic carbocycles. The number of nitrogens with one attached hydrogen (secondary N) is 1. The van der Waals surface area contributed by atoms with Crippen molar-refractivity contribution in [2.75, 3.05) is 24.6 Å². The molecular formula is C26H33Cl2N7O2. The average Bonchev–Trinajstić information content (AvgIpc) is 3.26. The summed E-state index contributed by atoms with van der Waals surface area (Å²) in [5.41, 5.74) is 8.26. The van der Waals surface area contributed by atoms with Crippen LogP contribution < -0.4 is 20.7 Å². The van der Waals surface area contributed by atoms with Gasteiger partial charge in [0.1, 0.15) is 17.6 Å². The molecule has 0 bridgehead atoms. The zero-order valence-corrected chi connectivity index (χ0v) is 22.7. The van der Waals surface area contributed by atoms with Gasteiger partial charge in [0.2, 0.25) is 5.91 Å². The topological polar surface area (TPSA) is 122 Å². The lowest BCUT2D eigenvalue weighted by molar-refractivity contribution is -0.131. The maximum Gasteiger partial charge on any atom is 0.240 e. The molecule has 1 saturated heterocycles. The summed E-state index contributed by atoms with van der Waals surface area (Å²) in [4.78, 5) is 19.6. The van der Waals surface area contributed by atoms with Gasteiger partial charge in [-0.05, 0) is 64.2 Å². The number of piperidine rings is 1. The number of amides is 1. The van der Waals surface area contributed by atoms with Crippen LogP contribution in [0.3, 0.4) is 0 Å². The molecule has 37 heavy (non-hydrogen) atoms. The van der Waals surface area contributed by atoms with E-state index in [-0.39, 0.29) is 36.3 Å². The highest BCUT2D eigenvalue weighted by Gasteiger charge is 2.43. The van der Waals surface area contributed by atoms with E-state index in [2.05, 4.69) is 28.3 Å². The first-order chi connectivity index (χ1) is 16.8. The Morgan fingerprint density at radius 2 is 1.95 bits per heavy atom. The molecule has 0 aromatic carbocycles. The average molecular weight is 547 g/mol. The molecule has 3 aromatic heterocycles. The maximum absolute atomic E-state index is 12.6. The highest BCUT2D eigenvalue weighted by molar-refractivity contribution is 5.88. The molecule has 2 fully saturated rings. The van der Waals surface area contributed by atoms with Crippen LogP contribution in [0, 0.1) is 11.3 Å². The van der Waals surface area contributed by atoms with Crippen molar-refractivity contribution < 1.29 is 9.53 Å². The van der Waals surface area contributed by atoms with Gasteiger partial charge in [0.05, 0.1) is 35.6 Å². The lowest BCUT2D eigenvalue weighted by Crippen LogP contribution is -2.64. The van der Waals surface area contributed by atoms with Gasteiger partial charge >= 0.3 is 0 Å². The normalized spacial score (nSPS) is 17.5. The minimum Gasteiger partial charge on any atom is -0.492 e. The molecule has 0 unspecified atom stereocenters. The van der Waals surface area contributed by atoms with Gasteiger partial charge in [-0.15, -0.1) is 24.8 Å². The third-order valence-corrected chi connectivity index (χ3v) is 7.38. The molecular weight excluding hydrogens is 513 g/mol. The Morgan fingerprint density at radius 1 is 1.22 bits per heavy atom. The van der Waals surface area contributed by atoms with E-state index in [4.69, 9.17) is 15.5 Å². The van der Waals surface area contributed by atoms with Crippen LogP contribution in [0.25, 0.3) is 16.6 Å². The molecule has 3 N–H and O–H groups in total. The first-order valence-corrected chi connectivity index (χ1v) is 12.2. The molecule has 0 atom stereocenters. The van der Waals surface area contributed by atoms with Crippen molar-refractivity contribution in [3.05, 3.63) is 42.4 Å². The first-order valence-electron chi connectivity index (χ1n) is 12.2. The Labute approximate surface area is 229 Å². The summed E-state index contributed by atoms with van der Waals surface area (Å²) in [5.74, 6) is 1.56. The Bertz CT molecular complexity index is 1290. The maximum atomic E-state index is 12.6. The Kier molecular flexibility index (Phi) is 8.58. The highest BCUT2D eigenvalue weighted by atomic mass is 35.5. The van der Waals surface area contributed by atoms with Crippen LogP contribution >= 0.6 is 24.8 Å². The number of nitriles is 1. The predicted molar refractivity (Wildman–Crippen MR) is 148 cm³/mol. The molecule has 9 nitrogen and oxygen atoms in total. The molecule has 1 amide bonds. The van der Waals surface area contributed by atoms with E-state index < -0.39 is 5.54 Å². The van der Waals surface area contributed by atoms with Crippen molar-refractivity contribution in [1.82, 2.24) is 19.9 Å². The number of carbonyl (C=O) groups is 1. The summed E-state index contributed by atoms with van der Waals surface area (Å²) in [6.45, 7) is 6.17. The molecule has 4 heterocycles. The van der Waals surface area contributed by atoms with E-state index in [1.54, 1.807) is 16.9 Å². The molecule has 198 valence electrons. The highest BCUT2D eigenvalue weighted by Crippen LogP contribution is 2.33. The van der Waals surface area contributed by atoms with Crippen LogP contribution in [0.15, 0.2) is 36.8 Å². The number of nitrogens with zero attached hydrogens (tertiary/aromatic N) is 5. The number of aromatic nitrogens is 3. The standard InChI is InChI=1S/C26H31N7O2.2ClH/c1-3-35-20-13-21(23-19(14-27)16-30-33(23)17-20)18-5-6-22(29-15-18)32-11-9-25(2,10-12-32)31-24(34)26(28)7-4-8-26;;/h5-6,13,15-17H,3-4,7-12,28H2,1-2H3,(H,31,34);2*1H. The van der Waals surface area contributed by atoms with E-state index in [0.29, 0.717) is 17.9 Å². The number of halogens is 2. The summed E-state index contributed by atoms with van der Waals surface area (Å²) in [7, 11) is 0. The first kappa shape index (κ1) is 28.5. The van der Waals surface area contributed by atoms with Crippen molar-refractivity contribution in [2.24, 2.45) is 5.73 Å². The minimum absolute atomic E-state index is 0. The number of rotatable bonds is 6. The Balaban J connectivity index is 0.00000190. The monoisotopic (exact) mass is 545 g/mol. The predicted octanol–water partition coefficient (Wildman–Crippen LogP) is 3.87. The lowest BCUT2D eigenvalue weighted by Gasteiger charge is -2.44. The summed E-state index contributed by atoms with van der Waals surface area (Å²) in [6.07, 6.45) is 9.41. The second-order valence-electron chi connectivity index (χ2n) is 9.90. The molecule has 0 radical (unpaired) electrons. The number of hydrogen-bond donors (Lipinski definition) is 2. The zero-order chi connectivity index (χ0) is 24.6. The largest absolute Gasteiger partial charge is 0.492 e. The number of anilines is 1. The molecule has 2 aliphatic rings. The second-order valence-corrected chi connectivity index (χ2v) is 9.90. The van der Waals surface area contributed by atoms with Crippen LogP contribution in [0.1, 0.15) is 51.5 Å². The van der Waals surface area contributed by atoms with Gasteiger partial charge < -0.3 is 20.7 Å². The van der Waals surface area contributed by atoms with Gasteiger partial charge in [-0.1, -0.05) is 0 Å². The smallest absolute Gasteiger partial charge is 0.240 e. The van der Waals surface area contributed by atoms with E-state index in [1.165, 1.54) is 0 Å². The van der Waals surface area contributed by atoms with Gasteiger partial charge in [-0.2, -0.15) is 10.4 Å². The van der Waals surface area contributed by atoms with Crippen molar-refractivity contribution in [3.63, 3.8) is 0 Å². The van der Waals surface area contributed by atoms with Crippen molar-refractivity contribution >= 4 is 42.1 Å². The van der Waals surface area contributed by atoms with E-state index >= 15 is 0 Å². The quantitative estimate of drug-likeness (QED) is 0.482. The summed E-state index contributed by atoms with van der Waals surface area (Å²) in [6, 6.07) is 8.18. The minimum atomic E-state index is -0.677. The molecule has 5 rings (SSSR count). The number of carbonyl (C=O) groups excluding carboxylic acids is 1. The van der Waals surface area contributed by atoms with Crippen molar-refractivity contribution in [2.45, 2.75) is 57.0 Å². The van der Waals surface area contributed by atoms with Gasteiger partial charge in [0.25, 0.3) is 0 Å². The van der Waals surface area contributed by atoms with Crippen LogP contribution in [0.2, 0.25) is 0 Å². The van der Waals surface area contributed by atoms with Crippen LogP contribution in [-0.2, 0) is 4.79 Å². The van der Waals surface area contributed by atoms with E-state index in [1.807, 2.05) is 31.3 Å². The molecule has 0 spiro atoms. The fourth-order valence-corrected chi connectivity index (χ4v) is 4.91. The zero-order valence-electron chi connectivity index (χ0n) is 21.1. The van der Waals surface area contributed by atoms with Crippen molar-refractivity contribution in [3.8, 4) is 22.9 Å². The summed E-state index contributed by atoms with van der Waals surface area (Å²) < 4.78 is 7.39. The Morgan fingerprint density at radius 3 is 2.51 bits per heavy atom. The number of fused-ring (bicyclic) bond motifs is 1. The number of hydrogen-bond acceptors (Lipinski definition) is 7. The fraction of sp³-hybridized carbons (Fsp3) is 0.462. The number of ether oxygens (including phenoxy) is 1. The van der Waals surface area contributed by atoms with Gasteiger partial charge in [0, 0.05) is 36.0 Å². The number of pyridine rings is 2. The van der Waals surface area contributed by atoms with Crippen LogP contribution in [-0.4, -0.2) is 51.3 Å². The van der Waals surface area contributed by atoms with E-state index in [0.717, 1.165) is 67.7 Å². The van der Waals surface area contributed by atoms with E-state index in [9.17, 15) is 10.1 Å². The third kappa shape index (κ3) is 5.47. The fourth-order valence-electron chi connectivity index (χ4n) is 4.91. The lowest BCUT2D eigenvalue weighted by atomic mass is 9.76. The van der Waals surface area contributed by atoms with Crippen LogP contribution in [0.5, 0.6) is 5.75 Å². The third-order valence-electron chi connectivity index (χ3n) is 7.38. The molecule has 3 aromatic rings. The molecule has 1 saturated carbocycles. The molecule has 1 aliphatic heterocycles. The SMILES string of the molecule is CCOc1cc(-c2ccc(N3CCC(C)(NC(=O)C4(N)CCC4)CC3)nc2)c2c(C#N)cnn2c1.Cl.Cl. The van der Waals surface area contributed by atoms with Crippen LogP contribution in [0.4, 0.5) is 5.82 Å². The summed E-state index contributed by atoms with van der Waals surface area (Å²) >= 11 is 0. The van der Waals surface area contributed by atoms with Gasteiger partial charge in [-0.25, -0.2) is 9.50 Å². The Hall–Kier alpha value is -3.06. The molecule has 11 heteroatoms. The second kappa shape index (κ2) is 11.1. The van der Waals surface area contributed by atoms with Gasteiger partial charge in [0.15, 0.2) is 0 Å². The number of nitrogens with two attached hydrogens (primary N) is 1. The summed E-state index contributed by atoms with van der Waals surface area (Å²) in [5, 5.41) is 17.1.